The summed E-state index contributed by atoms with van der Waals surface area (Å²) >= 11 is 5.91. The Bertz CT molecular complexity index is 605. The normalized spacial score (nSPS) is 24.5. The SMILES string of the molecule is O=C1CCCN1CC(=O)N1CC[C@H](O)[C@H](Cc2ccc(Cl)cc2)C1. The molecule has 0 aromatic heterocycles. The van der Waals surface area contributed by atoms with Gasteiger partial charge in [0.05, 0.1) is 12.6 Å². The van der Waals surface area contributed by atoms with E-state index >= 15 is 0 Å². The van der Waals surface area contributed by atoms with Crippen molar-refractivity contribution < 1.29 is 14.7 Å². The molecule has 6 heteroatoms. The Morgan fingerprint density at radius 2 is 2.00 bits per heavy atom. The minimum Gasteiger partial charge on any atom is -0.393 e. The Kier molecular flexibility index (Phi) is 5.41. The highest BCUT2D eigenvalue weighted by Gasteiger charge is 2.32. The summed E-state index contributed by atoms with van der Waals surface area (Å²) in [7, 11) is 0. The number of likely N-dealkylation sites (tertiary alicyclic amines) is 2. The van der Waals surface area contributed by atoms with Crippen molar-refractivity contribution in [2.45, 2.75) is 31.8 Å². The van der Waals surface area contributed by atoms with E-state index in [1.54, 1.807) is 9.80 Å². The van der Waals surface area contributed by atoms with Crippen LogP contribution < -0.4 is 0 Å². The van der Waals surface area contributed by atoms with Gasteiger partial charge in [0.2, 0.25) is 11.8 Å². The maximum Gasteiger partial charge on any atom is 0.242 e. The lowest BCUT2D eigenvalue weighted by atomic mass is 9.88. The molecule has 2 amide bonds. The quantitative estimate of drug-likeness (QED) is 0.899. The lowest BCUT2D eigenvalue weighted by Crippen LogP contribution is -2.49. The molecule has 24 heavy (non-hydrogen) atoms. The van der Waals surface area contributed by atoms with Crippen LogP contribution in [0.2, 0.25) is 5.02 Å². The van der Waals surface area contributed by atoms with Gasteiger partial charge in [-0.3, -0.25) is 9.59 Å². The highest BCUT2D eigenvalue weighted by Crippen LogP contribution is 2.23. The molecule has 0 radical (unpaired) electrons. The highest BCUT2D eigenvalue weighted by atomic mass is 35.5. The molecule has 0 aliphatic carbocycles. The van der Waals surface area contributed by atoms with E-state index in [2.05, 4.69) is 0 Å². The van der Waals surface area contributed by atoms with Gasteiger partial charge >= 0.3 is 0 Å². The summed E-state index contributed by atoms with van der Waals surface area (Å²) < 4.78 is 0. The summed E-state index contributed by atoms with van der Waals surface area (Å²) in [6, 6.07) is 7.60. The van der Waals surface area contributed by atoms with E-state index in [0.29, 0.717) is 43.9 Å². The van der Waals surface area contributed by atoms with Gasteiger partial charge in [0.1, 0.15) is 0 Å². The number of halogens is 1. The summed E-state index contributed by atoms with van der Waals surface area (Å²) in [5, 5.41) is 11.0. The number of aliphatic hydroxyl groups is 1. The molecule has 2 heterocycles. The zero-order chi connectivity index (χ0) is 17.1. The summed E-state index contributed by atoms with van der Waals surface area (Å²) in [6.07, 6.45) is 2.27. The molecule has 2 aliphatic heterocycles. The molecule has 0 saturated carbocycles. The number of rotatable bonds is 4. The number of aliphatic hydroxyl groups excluding tert-OH is 1. The summed E-state index contributed by atoms with van der Waals surface area (Å²) in [5.74, 6) is 0.0644. The maximum atomic E-state index is 12.5. The Balaban J connectivity index is 1.59. The van der Waals surface area contributed by atoms with E-state index in [1.165, 1.54) is 0 Å². The summed E-state index contributed by atoms with van der Waals surface area (Å²) in [5.41, 5.74) is 1.10. The number of nitrogens with zero attached hydrogens (tertiary/aromatic N) is 2. The molecule has 1 N–H and O–H groups in total. The first-order valence-corrected chi connectivity index (χ1v) is 8.89. The van der Waals surface area contributed by atoms with Crippen molar-refractivity contribution in [2.75, 3.05) is 26.2 Å². The zero-order valence-electron chi connectivity index (χ0n) is 13.7. The van der Waals surface area contributed by atoms with Crippen LogP contribution in [-0.2, 0) is 16.0 Å². The number of hydrogen-bond donors (Lipinski definition) is 1. The van der Waals surface area contributed by atoms with E-state index in [9.17, 15) is 14.7 Å². The zero-order valence-corrected chi connectivity index (χ0v) is 14.4. The predicted molar refractivity (Wildman–Crippen MR) is 91.7 cm³/mol. The maximum absolute atomic E-state index is 12.5. The van der Waals surface area contributed by atoms with Gasteiger partial charge in [-0.25, -0.2) is 0 Å². The lowest BCUT2D eigenvalue weighted by Gasteiger charge is -2.37. The topological polar surface area (TPSA) is 60.9 Å². The van der Waals surface area contributed by atoms with Crippen molar-refractivity contribution in [1.82, 2.24) is 9.80 Å². The molecule has 1 aromatic carbocycles. The molecule has 5 nitrogen and oxygen atoms in total. The standard InChI is InChI=1S/C18H23ClN2O3/c19-15-5-3-13(4-6-15)10-14-11-21(9-7-16(14)22)18(24)12-20-8-1-2-17(20)23/h3-6,14,16,22H,1-2,7-12H2/t14-,16+/m1/s1. The third-order valence-electron chi connectivity index (χ3n) is 4.96. The second-order valence-electron chi connectivity index (χ2n) is 6.71. The van der Waals surface area contributed by atoms with Gasteiger partial charge in [0.15, 0.2) is 0 Å². The van der Waals surface area contributed by atoms with E-state index in [1.807, 2.05) is 24.3 Å². The van der Waals surface area contributed by atoms with E-state index in [-0.39, 0.29) is 24.3 Å². The second-order valence-corrected chi connectivity index (χ2v) is 7.14. The molecule has 130 valence electrons. The lowest BCUT2D eigenvalue weighted by molar-refractivity contribution is -0.140. The second kappa shape index (κ2) is 7.53. The summed E-state index contributed by atoms with van der Waals surface area (Å²) in [6.45, 7) is 1.93. The average molecular weight is 351 g/mol. The van der Waals surface area contributed by atoms with Gasteiger partial charge < -0.3 is 14.9 Å². The van der Waals surface area contributed by atoms with Crippen LogP contribution in [0, 0.1) is 5.92 Å². The number of carbonyl (C=O) groups excluding carboxylic acids is 2. The molecule has 2 aliphatic rings. The number of piperidine rings is 1. The van der Waals surface area contributed by atoms with Crippen molar-refractivity contribution in [2.24, 2.45) is 5.92 Å². The molecule has 1 aromatic rings. The first kappa shape index (κ1) is 17.2. The van der Waals surface area contributed by atoms with Gasteiger partial charge in [-0.1, -0.05) is 23.7 Å². The number of hydrogen-bond acceptors (Lipinski definition) is 3. The van der Waals surface area contributed by atoms with Crippen LogP contribution in [0.15, 0.2) is 24.3 Å². The van der Waals surface area contributed by atoms with Crippen molar-refractivity contribution >= 4 is 23.4 Å². The van der Waals surface area contributed by atoms with Crippen molar-refractivity contribution in [3.63, 3.8) is 0 Å². The van der Waals surface area contributed by atoms with Crippen molar-refractivity contribution in [3.05, 3.63) is 34.9 Å². The third kappa shape index (κ3) is 4.08. The molecule has 0 spiro atoms. The van der Waals surface area contributed by atoms with E-state index in [4.69, 9.17) is 11.6 Å². The van der Waals surface area contributed by atoms with Crippen molar-refractivity contribution in [3.8, 4) is 0 Å². The van der Waals surface area contributed by atoms with Crippen molar-refractivity contribution in [1.29, 1.82) is 0 Å². The molecular weight excluding hydrogens is 328 g/mol. The summed E-state index contributed by atoms with van der Waals surface area (Å²) in [4.78, 5) is 27.6. The molecule has 2 fully saturated rings. The van der Waals surface area contributed by atoms with E-state index < -0.39 is 6.10 Å². The monoisotopic (exact) mass is 350 g/mol. The number of amides is 2. The molecular formula is C18H23ClN2O3. The van der Waals surface area contributed by atoms with Crippen LogP contribution >= 0.6 is 11.6 Å². The van der Waals surface area contributed by atoms with Gasteiger partial charge in [0, 0.05) is 37.0 Å². The molecule has 0 bridgehead atoms. The van der Waals surface area contributed by atoms with Crippen LogP contribution in [0.3, 0.4) is 0 Å². The van der Waals surface area contributed by atoms with Crippen LogP contribution in [0.1, 0.15) is 24.8 Å². The minimum absolute atomic E-state index is 0.0122. The molecule has 2 atom stereocenters. The van der Waals surface area contributed by atoms with Crippen LogP contribution in [0.25, 0.3) is 0 Å². The molecule has 2 saturated heterocycles. The number of carbonyl (C=O) groups is 2. The third-order valence-corrected chi connectivity index (χ3v) is 5.21. The Hall–Kier alpha value is -1.59. The first-order chi connectivity index (χ1) is 11.5. The van der Waals surface area contributed by atoms with Crippen LogP contribution in [0.5, 0.6) is 0 Å². The molecule has 3 rings (SSSR count). The smallest absolute Gasteiger partial charge is 0.242 e. The Morgan fingerprint density at radius 3 is 2.67 bits per heavy atom. The first-order valence-electron chi connectivity index (χ1n) is 8.51. The average Bonchev–Trinajstić information content (AvgIpc) is 2.96. The van der Waals surface area contributed by atoms with E-state index in [0.717, 1.165) is 12.0 Å². The fourth-order valence-corrected chi connectivity index (χ4v) is 3.63. The number of benzene rings is 1. The highest BCUT2D eigenvalue weighted by molar-refractivity contribution is 6.30. The van der Waals surface area contributed by atoms with Gasteiger partial charge in [-0.05, 0) is 37.0 Å². The Morgan fingerprint density at radius 1 is 1.25 bits per heavy atom. The molecule has 0 unspecified atom stereocenters. The van der Waals surface area contributed by atoms with Gasteiger partial charge in [-0.2, -0.15) is 0 Å². The largest absolute Gasteiger partial charge is 0.393 e. The minimum atomic E-state index is -0.404. The fraction of sp³-hybridized carbons (Fsp3) is 0.556. The fourth-order valence-electron chi connectivity index (χ4n) is 3.50. The predicted octanol–water partition coefficient (Wildman–Crippen LogP) is 1.71. The van der Waals surface area contributed by atoms with Gasteiger partial charge in [0.25, 0.3) is 0 Å². The van der Waals surface area contributed by atoms with Crippen LogP contribution in [0.4, 0.5) is 0 Å². The van der Waals surface area contributed by atoms with Crippen LogP contribution in [-0.4, -0.2) is 59.0 Å². The Labute approximate surface area is 147 Å². The van der Waals surface area contributed by atoms with Gasteiger partial charge in [-0.15, -0.1) is 0 Å².